The predicted molar refractivity (Wildman–Crippen MR) is 92.9 cm³/mol. The molecule has 130 valence electrons. The Morgan fingerprint density at radius 3 is 2.30 bits per heavy atom. The number of carbonyl (C=O) groups is 1. The number of hydrogen-bond acceptors (Lipinski definition) is 4. The molecule has 0 saturated carbocycles. The van der Waals surface area contributed by atoms with Gasteiger partial charge in [-0.15, -0.1) is 0 Å². The van der Waals surface area contributed by atoms with E-state index in [1.165, 1.54) is 5.56 Å². The predicted octanol–water partition coefficient (Wildman–Crippen LogP) is 3.65. The van der Waals surface area contributed by atoms with Crippen LogP contribution in [0.4, 0.5) is 4.79 Å². The minimum absolute atomic E-state index is 0.180. The van der Waals surface area contributed by atoms with Gasteiger partial charge in [-0.25, -0.2) is 4.79 Å². The second-order valence-corrected chi connectivity index (χ2v) is 6.65. The fourth-order valence-corrected chi connectivity index (χ4v) is 2.18. The molecule has 5 heteroatoms. The highest BCUT2D eigenvalue weighted by atomic mass is 16.6. The zero-order valence-electron chi connectivity index (χ0n) is 15.1. The van der Waals surface area contributed by atoms with Crippen LogP contribution in [0.2, 0.25) is 0 Å². The molecule has 1 rings (SSSR count). The average molecular weight is 322 g/mol. The van der Waals surface area contributed by atoms with Crippen LogP contribution in [0.1, 0.15) is 52.6 Å². The summed E-state index contributed by atoms with van der Waals surface area (Å²) in [4.78, 5) is 11.7. The highest BCUT2D eigenvalue weighted by molar-refractivity contribution is 5.67. The topological polar surface area (TPSA) is 59.6 Å². The molecule has 0 aromatic heterocycles. The Kier molecular flexibility index (Phi) is 7.36. The van der Waals surface area contributed by atoms with Crippen LogP contribution >= 0.6 is 0 Å². The van der Waals surface area contributed by atoms with Gasteiger partial charge in [0.25, 0.3) is 0 Å². The van der Waals surface area contributed by atoms with E-state index in [0.717, 1.165) is 12.2 Å². The van der Waals surface area contributed by atoms with Gasteiger partial charge in [0, 0.05) is 18.6 Å². The van der Waals surface area contributed by atoms with Crippen molar-refractivity contribution in [3.8, 4) is 5.75 Å². The minimum Gasteiger partial charge on any atom is -0.497 e. The van der Waals surface area contributed by atoms with Crippen LogP contribution in [0.5, 0.6) is 5.75 Å². The van der Waals surface area contributed by atoms with Gasteiger partial charge < -0.3 is 20.1 Å². The summed E-state index contributed by atoms with van der Waals surface area (Å²) >= 11 is 0. The van der Waals surface area contributed by atoms with Gasteiger partial charge in [0.05, 0.1) is 7.11 Å². The summed E-state index contributed by atoms with van der Waals surface area (Å²) in [6.45, 7) is 10.3. The standard InChI is InChI=1S/C18H30N2O3/c1-7-15(12-19-17(21)23-18(3,4)5)20-13(2)14-8-10-16(22-6)11-9-14/h8-11,13,15,20H,7,12H2,1-6H3,(H,19,21). The molecule has 2 atom stereocenters. The maximum absolute atomic E-state index is 11.7. The van der Waals surface area contributed by atoms with Crippen molar-refractivity contribution in [2.45, 2.75) is 58.7 Å². The number of ether oxygens (including phenoxy) is 2. The number of rotatable bonds is 7. The number of hydrogen-bond donors (Lipinski definition) is 2. The molecule has 0 heterocycles. The molecule has 0 aliphatic heterocycles. The number of carbonyl (C=O) groups excluding carboxylic acids is 1. The Bertz CT molecular complexity index is 480. The van der Waals surface area contributed by atoms with Crippen molar-refractivity contribution < 1.29 is 14.3 Å². The Balaban J connectivity index is 2.49. The summed E-state index contributed by atoms with van der Waals surface area (Å²) < 4.78 is 10.4. The van der Waals surface area contributed by atoms with E-state index in [9.17, 15) is 4.79 Å². The molecular weight excluding hydrogens is 292 g/mol. The maximum atomic E-state index is 11.7. The number of alkyl carbamates (subject to hydrolysis) is 1. The van der Waals surface area contributed by atoms with E-state index in [1.807, 2.05) is 45.0 Å². The van der Waals surface area contributed by atoms with Crippen molar-refractivity contribution in [3.05, 3.63) is 29.8 Å². The monoisotopic (exact) mass is 322 g/mol. The fraction of sp³-hybridized carbons (Fsp3) is 0.611. The SMILES string of the molecule is CCC(CNC(=O)OC(C)(C)C)NC(C)c1ccc(OC)cc1. The van der Waals surface area contributed by atoms with Crippen molar-refractivity contribution in [2.24, 2.45) is 0 Å². The Labute approximate surface area is 139 Å². The molecule has 1 amide bonds. The van der Waals surface area contributed by atoms with Crippen molar-refractivity contribution in [3.63, 3.8) is 0 Å². The van der Waals surface area contributed by atoms with Crippen molar-refractivity contribution in [1.29, 1.82) is 0 Å². The minimum atomic E-state index is -0.477. The first-order valence-electron chi connectivity index (χ1n) is 8.12. The summed E-state index contributed by atoms with van der Waals surface area (Å²) in [5.74, 6) is 0.847. The normalized spacial score (nSPS) is 14.0. The zero-order chi connectivity index (χ0) is 17.5. The van der Waals surface area contributed by atoms with Crippen LogP contribution in [-0.4, -0.2) is 31.4 Å². The lowest BCUT2D eigenvalue weighted by Gasteiger charge is -2.24. The zero-order valence-corrected chi connectivity index (χ0v) is 15.1. The van der Waals surface area contributed by atoms with Gasteiger partial charge in [-0.05, 0) is 51.8 Å². The quantitative estimate of drug-likeness (QED) is 0.804. The molecule has 2 N–H and O–H groups in total. The molecule has 5 nitrogen and oxygen atoms in total. The Morgan fingerprint density at radius 1 is 1.22 bits per heavy atom. The van der Waals surface area contributed by atoms with Gasteiger partial charge >= 0.3 is 6.09 Å². The van der Waals surface area contributed by atoms with E-state index in [-0.39, 0.29) is 18.2 Å². The van der Waals surface area contributed by atoms with Gasteiger partial charge in [-0.3, -0.25) is 0 Å². The molecule has 2 unspecified atom stereocenters. The Morgan fingerprint density at radius 2 is 1.83 bits per heavy atom. The third-order valence-corrected chi connectivity index (χ3v) is 3.49. The average Bonchev–Trinajstić information content (AvgIpc) is 2.49. The molecule has 0 aliphatic rings. The van der Waals surface area contributed by atoms with E-state index < -0.39 is 5.60 Å². The second kappa shape index (κ2) is 8.77. The van der Waals surface area contributed by atoms with Crippen LogP contribution in [0.25, 0.3) is 0 Å². The van der Waals surface area contributed by atoms with Crippen LogP contribution < -0.4 is 15.4 Å². The lowest BCUT2D eigenvalue weighted by Crippen LogP contribution is -2.43. The van der Waals surface area contributed by atoms with E-state index in [0.29, 0.717) is 6.54 Å². The molecule has 1 aromatic rings. The van der Waals surface area contributed by atoms with E-state index in [1.54, 1.807) is 7.11 Å². The van der Waals surface area contributed by atoms with Crippen LogP contribution in [0.15, 0.2) is 24.3 Å². The van der Waals surface area contributed by atoms with Crippen molar-refractivity contribution in [2.75, 3.05) is 13.7 Å². The summed E-state index contributed by atoms with van der Waals surface area (Å²) in [5, 5.41) is 6.35. The number of methoxy groups -OCH3 is 1. The third-order valence-electron chi connectivity index (χ3n) is 3.49. The summed E-state index contributed by atoms with van der Waals surface area (Å²) in [7, 11) is 1.66. The number of nitrogens with one attached hydrogen (secondary N) is 2. The highest BCUT2D eigenvalue weighted by Gasteiger charge is 2.18. The van der Waals surface area contributed by atoms with Gasteiger partial charge in [0.1, 0.15) is 11.4 Å². The van der Waals surface area contributed by atoms with E-state index in [4.69, 9.17) is 9.47 Å². The molecular formula is C18H30N2O3. The van der Waals surface area contributed by atoms with Crippen molar-refractivity contribution in [1.82, 2.24) is 10.6 Å². The van der Waals surface area contributed by atoms with Crippen LogP contribution in [0, 0.1) is 0 Å². The summed E-state index contributed by atoms with van der Waals surface area (Å²) in [6.07, 6.45) is 0.533. The molecule has 0 radical (unpaired) electrons. The smallest absolute Gasteiger partial charge is 0.407 e. The molecule has 1 aromatic carbocycles. The maximum Gasteiger partial charge on any atom is 0.407 e. The van der Waals surface area contributed by atoms with E-state index in [2.05, 4.69) is 24.5 Å². The molecule has 0 spiro atoms. The fourth-order valence-electron chi connectivity index (χ4n) is 2.18. The van der Waals surface area contributed by atoms with Gasteiger partial charge in [0.15, 0.2) is 0 Å². The third kappa shape index (κ3) is 7.37. The first-order chi connectivity index (χ1) is 10.7. The molecule has 0 fully saturated rings. The number of benzene rings is 1. The summed E-state index contributed by atoms with van der Waals surface area (Å²) in [5.41, 5.74) is 0.705. The largest absolute Gasteiger partial charge is 0.497 e. The first kappa shape index (κ1) is 19.3. The first-order valence-corrected chi connectivity index (χ1v) is 8.12. The summed E-state index contributed by atoms with van der Waals surface area (Å²) in [6, 6.07) is 8.36. The molecule has 0 saturated heterocycles. The van der Waals surface area contributed by atoms with Gasteiger partial charge in [0.2, 0.25) is 0 Å². The van der Waals surface area contributed by atoms with Crippen molar-refractivity contribution >= 4 is 6.09 Å². The number of amides is 1. The molecule has 23 heavy (non-hydrogen) atoms. The van der Waals surface area contributed by atoms with Crippen LogP contribution in [-0.2, 0) is 4.74 Å². The van der Waals surface area contributed by atoms with Gasteiger partial charge in [-0.2, -0.15) is 0 Å². The Hall–Kier alpha value is -1.75. The lowest BCUT2D eigenvalue weighted by molar-refractivity contribution is 0.0521. The lowest BCUT2D eigenvalue weighted by atomic mass is 10.1. The second-order valence-electron chi connectivity index (χ2n) is 6.65. The highest BCUT2D eigenvalue weighted by Crippen LogP contribution is 2.18. The van der Waals surface area contributed by atoms with Gasteiger partial charge in [-0.1, -0.05) is 19.1 Å². The van der Waals surface area contributed by atoms with Crippen LogP contribution in [0.3, 0.4) is 0 Å². The molecule has 0 bridgehead atoms. The molecule has 0 aliphatic carbocycles. The van der Waals surface area contributed by atoms with E-state index >= 15 is 0 Å².